The Bertz CT molecular complexity index is 1290. The molecule has 3 aromatic rings. The van der Waals surface area contributed by atoms with Crippen LogP contribution in [0.25, 0.3) is 0 Å². The highest BCUT2D eigenvalue weighted by atomic mass is 16.7. The maximum absolute atomic E-state index is 11.5. The third-order valence-corrected chi connectivity index (χ3v) is 8.27. The molecule has 0 bridgehead atoms. The highest BCUT2D eigenvalue weighted by Gasteiger charge is 2.53. The van der Waals surface area contributed by atoms with Crippen LogP contribution in [0.2, 0.25) is 0 Å². The highest BCUT2D eigenvalue weighted by molar-refractivity contribution is 5.32. The molecule has 10 heteroatoms. The number of hydrogen-bond donors (Lipinski definition) is 2. The van der Waals surface area contributed by atoms with E-state index in [1.165, 1.54) is 0 Å². The van der Waals surface area contributed by atoms with Gasteiger partial charge >= 0.3 is 0 Å². The van der Waals surface area contributed by atoms with Gasteiger partial charge in [-0.15, -0.1) is 0 Å². The Kier molecular flexibility index (Phi) is 12.1. The van der Waals surface area contributed by atoms with Crippen LogP contribution in [-0.2, 0) is 43.5 Å². The zero-order chi connectivity index (χ0) is 31.6. The molecular weight excluding hydrogens is 580 g/mol. The maximum Gasteiger partial charge on any atom is 0.158 e. The molecule has 1 aliphatic carbocycles. The molecule has 1 aliphatic heterocycles. The van der Waals surface area contributed by atoms with E-state index < -0.39 is 42.9 Å². The molecule has 244 valence electrons. The molecule has 45 heavy (non-hydrogen) atoms. The van der Waals surface area contributed by atoms with Crippen molar-refractivity contribution in [2.75, 3.05) is 27.9 Å². The van der Waals surface area contributed by atoms with E-state index in [1.54, 1.807) is 21.3 Å². The minimum absolute atomic E-state index is 0.149. The number of aliphatic hydroxyl groups excluding tert-OH is 2. The summed E-state index contributed by atoms with van der Waals surface area (Å²) in [5, 5.41) is 23.1. The van der Waals surface area contributed by atoms with E-state index in [9.17, 15) is 10.2 Å². The molecule has 3 aromatic carbocycles. The molecule has 0 amide bonds. The Morgan fingerprint density at radius 3 is 1.76 bits per heavy atom. The minimum Gasteiger partial charge on any atom is -0.497 e. The summed E-state index contributed by atoms with van der Waals surface area (Å²) in [6.07, 6.45) is -4.22. The molecule has 2 N–H and O–H groups in total. The fourth-order valence-corrected chi connectivity index (χ4v) is 5.71. The van der Waals surface area contributed by atoms with E-state index in [2.05, 4.69) is 0 Å². The summed E-state index contributed by atoms with van der Waals surface area (Å²) < 4.78 is 47.8. The Hall–Kier alpha value is -3.22. The van der Waals surface area contributed by atoms with Crippen molar-refractivity contribution < 1.29 is 48.1 Å². The molecule has 10 nitrogen and oxygen atoms in total. The van der Waals surface area contributed by atoms with Crippen molar-refractivity contribution in [3.63, 3.8) is 0 Å². The lowest BCUT2D eigenvalue weighted by Gasteiger charge is -2.47. The molecular formula is C35H44O10. The zero-order valence-corrected chi connectivity index (χ0v) is 26.1. The van der Waals surface area contributed by atoms with Crippen LogP contribution in [0.5, 0.6) is 17.2 Å². The van der Waals surface area contributed by atoms with Crippen molar-refractivity contribution in [1.29, 1.82) is 0 Å². The smallest absolute Gasteiger partial charge is 0.158 e. The zero-order valence-electron chi connectivity index (χ0n) is 26.1. The second kappa shape index (κ2) is 16.4. The number of aliphatic hydroxyl groups is 2. The van der Waals surface area contributed by atoms with Gasteiger partial charge in [-0.25, -0.2) is 0 Å². The predicted molar refractivity (Wildman–Crippen MR) is 165 cm³/mol. The highest BCUT2D eigenvalue weighted by Crippen LogP contribution is 2.34. The summed E-state index contributed by atoms with van der Waals surface area (Å²) in [5.41, 5.74) is 2.58. The monoisotopic (exact) mass is 624 g/mol. The van der Waals surface area contributed by atoms with Gasteiger partial charge in [0.1, 0.15) is 53.9 Å². The van der Waals surface area contributed by atoms with Crippen LogP contribution in [0.15, 0.2) is 72.8 Å². The number of ether oxygens (including phenoxy) is 8. The number of hydrogen-bond acceptors (Lipinski definition) is 10. The van der Waals surface area contributed by atoms with Gasteiger partial charge in [-0.05, 0) is 60.7 Å². The summed E-state index contributed by atoms with van der Waals surface area (Å²) in [5.74, 6) is 2.13. The third kappa shape index (κ3) is 8.53. The molecule has 0 spiro atoms. The molecule has 1 unspecified atom stereocenters. The standard InChI is InChI=1S/C35H44O10/c1-38-26-15-11-23(12-16-26)20-42-32-30(36)31(37)33(45-29-10-6-7-19-41-29)35(44-22-25-8-4-5-9-28(25)40-3)34(32)43-21-24-13-17-27(39-2)18-14-24/h4-5,8-9,11-18,29-37H,6-7,10,19-22H2,1-3H3/t29?,30-,31+,32+,33+,34-,35-/m0/s1. The van der Waals surface area contributed by atoms with Gasteiger partial charge in [-0.3, -0.25) is 0 Å². The van der Waals surface area contributed by atoms with Crippen LogP contribution in [0.1, 0.15) is 36.0 Å². The molecule has 1 heterocycles. The normalized spacial score (nSPS) is 26.7. The number of benzene rings is 3. The quantitative estimate of drug-likeness (QED) is 0.267. The van der Waals surface area contributed by atoms with Crippen molar-refractivity contribution in [2.45, 2.75) is 82.0 Å². The maximum atomic E-state index is 11.5. The third-order valence-electron chi connectivity index (χ3n) is 8.27. The van der Waals surface area contributed by atoms with Gasteiger partial charge in [0.15, 0.2) is 6.29 Å². The van der Waals surface area contributed by atoms with Crippen molar-refractivity contribution in [3.05, 3.63) is 89.5 Å². The molecule has 0 radical (unpaired) electrons. The van der Waals surface area contributed by atoms with Gasteiger partial charge in [0.05, 0.1) is 41.2 Å². The first-order valence-corrected chi connectivity index (χ1v) is 15.4. The summed E-state index contributed by atoms with van der Waals surface area (Å²) in [6, 6.07) is 22.6. The van der Waals surface area contributed by atoms with Crippen LogP contribution in [-0.4, -0.2) is 81.1 Å². The molecule has 2 aliphatic rings. The molecule has 7 atom stereocenters. The lowest BCUT2D eigenvalue weighted by molar-refractivity contribution is -0.303. The van der Waals surface area contributed by atoms with Crippen molar-refractivity contribution >= 4 is 0 Å². The van der Waals surface area contributed by atoms with Crippen molar-refractivity contribution in [1.82, 2.24) is 0 Å². The van der Waals surface area contributed by atoms with E-state index in [0.717, 1.165) is 41.0 Å². The van der Waals surface area contributed by atoms with Gasteiger partial charge in [0, 0.05) is 12.2 Å². The lowest BCUT2D eigenvalue weighted by atomic mass is 9.84. The molecule has 5 rings (SSSR count). The summed E-state index contributed by atoms with van der Waals surface area (Å²) >= 11 is 0. The van der Waals surface area contributed by atoms with Crippen LogP contribution < -0.4 is 14.2 Å². The first-order chi connectivity index (χ1) is 22.0. The lowest BCUT2D eigenvalue weighted by Crippen LogP contribution is -2.66. The fourth-order valence-electron chi connectivity index (χ4n) is 5.71. The first kappa shape index (κ1) is 33.2. The number of rotatable bonds is 14. The van der Waals surface area contributed by atoms with Gasteiger partial charge in [0.25, 0.3) is 0 Å². The fraction of sp³-hybridized carbons (Fsp3) is 0.486. The van der Waals surface area contributed by atoms with Gasteiger partial charge in [-0.1, -0.05) is 42.5 Å². The summed E-state index contributed by atoms with van der Waals surface area (Å²) in [4.78, 5) is 0. The van der Waals surface area contributed by atoms with Crippen LogP contribution in [0, 0.1) is 0 Å². The molecule has 1 saturated heterocycles. The second-order valence-electron chi connectivity index (χ2n) is 11.2. The topological polar surface area (TPSA) is 114 Å². The summed E-state index contributed by atoms with van der Waals surface area (Å²) in [6.45, 7) is 1.07. The molecule has 1 saturated carbocycles. The predicted octanol–water partition coefficient (Wildman–Crippen LogP) is 4.42. The number of para-hydroxylation sites is 1. The second-order valence-corrected chi connectivity index (χ2v) is 11.2. The van der Waals surface area contributed by atoms with E-state index in [4.69, 9.17) is 37.9 Å². The molecule has 2 fully saturated rings. The Morgan fingerprint density at radius 1 is 0.622 bits per heavy atom. The van der Waals surface area contributed by atoms with Crippen LogP contribution in [0.3, 0.4) is 0 Å². The Balaban J connectivity index is 1.44. The molecule has 0 aromatic heterocycles. The van der Waals surface area contributed by atoms with Crippen molar-refractivity contribution in [2.24, 2.45) is 0 Å². The van der Waals surface area contributed by atoms with E-state index >= 15 is 0 Å². The van der Waals surface area contributed by atoms with Gasteiger partial charge in [-0.2, -0.15) is 0 Å². The average molecular weight is 625 g/mol. The minimum atomic E-state index is -1.33. The number of methoxy groups -OCH3 is 3. The summed E-state index contributed by atoms with van der Waals surface area (Å²) in [7, 11) is 4.83. The van der Waals surface area contributed by atoms with Crippen molar-refractivity contribution in [3.8, 4) is 17.2 Å². The Labute approximate surface area is 264 Å². The van der Waals surface area contributed by atoms with Crippen LogP contribution in [0.4, 0.5) is 0 Å². The van der Waals surface area contributed by atoms with E-state index in [-0.39, 0.29) is 19.8 Å². The largest absolute Gasteiger partial charge is 0.497 e. The SMILES string of the molecule is COc1ccc(CO[C@@H]2[C@@H](OCc3ccccc3OC)[C@H](OC3CCCCO3)[C@H](O)[C@H](O)[C@H]2OCc2ccc(OC)cc2)cc1. The van der Waals surface area contributed by atoms with E-state index in [0.29, 0.717) is 18.8 Å². The van der Waals surface area contributed by atoms with Gasteiger partial charge in [0.2, 0.25) is 0 Å². The van der Waals surface area contributed by atoms with Gasteiger partial charge < -0.3 is 48.1 Å². The average Bonchev–Trinajstić information content (AvgIpc) is 3.09. The van der Waals surface area contributed by atoms with E-state index in [1.807, 2.05) is 72.8 Å². The first-order valence-electron chi connectivity index (χ1n) is 15.4. The van der Waals surface area contributed by atoms with Crippen LogP contribution >= 0.6 is 0 Å². The Morgan fingerprint density at radius 2 is 1.18 bits per heavy atom.